The van der Waals surface area contributed by atoms with Crippen LogP contribution in [0.5, 0.6) is 0 Å². The van der Waals surface area contributed by atoms with Gasteiger partial charge in [-0.05, 0) is 37.1 Å². The summed E-state index contributed by atoms with van der Waals surface area (Å²) in [5, 5.41) is 2.98. The number of halogens is 1. The van der Waals surface area contributed by atoms with E-state index >= 15 is 0 Å². The summed E-state index contributed by atoms with van der Waals surface area (Å²) in [5.41, 5.74) is 2.02. The van der Waals surface area contributed by atoms with Crippen molar-refractivity contribution in [3.8, 4) is 0 Å². The van der Waals surface area contributed by atoms with E-state index in [2.05, 4.69) is 21.2 Å². The van der Waals surface area contributed by atoms with E-state index in [4.69, 9.17) is 0 Å². The van der Waals surface area contributed by atoms with Crippen molar-refractivity contribution in [1.29, 1.82) is 0 Å². The standard InChI is InChI=1S/C22H27BrN2O2/c1-4-21(26)25(15-18-11-8-12-19(23)13-18)20(22(27)24-16(2)3)14-17-9-6-5-7-10-17/h5-13,16,20H,4,14-15H2,1-3H3,(H,24,27). The molecule has 1 N–H and O–H groups in total. The van der Waals surface area contributed by atoms with Gasteiger partial charge in [-0.25, -0.2) is 0 Å². The Bertz CT molecular complexity index is 762. The molecule has 0 fully saturated rings. The molecule has 1 unspecified atom stereocenters. The summed E-state index contributed by atoms with van der Waals surface area (Å²) in [6.45, 7) is 6.08. The maximum atomic E-state index is 13.0. The number of carbonyl (C=O) groups is 2. The lowest BCUT2D eigenvalue weighted by molar-refractivity contribution is -0.141. The van der Waals surface area contributed by atoms with E-state index in [1.54, 1.807) is 4.90 Å². The van der Waals surface area contributed by atoms with Crippen molar-refractivity contribution in [3.63, 3.8) is 0 Å². The lowest BCUT2D eigenvalue weighted by atomic mass is 10.0. The van der Waals surface area contributed by atoms with Crippen LogP contribution >= 0.6 is 15.9 Å². The fourth-order valence-corrected chi connectivity index (χ4v) is 3.42. The van der Waals surface area contributed by atoms with Gasteiger partial charge in [0.15, 0.2) is 0 Å². The molecule has 0 aliphatic heterocycles. The highest BCUT2D eigenvalue weighted by atomic mass is 79.9. The monoisotopic (exact) mass is 430 g/mol. The minimum Gasteiger partial charge on any atom is -0.352 e. The molecule has 0 aliphatic rings. The topological polar surface area (TPSA) is 49.4 Å². The molecule has 5 heteroatoms. The van der Waals surface area contributed by atoms with Crippen molar-refractivity contribution in [1.82, 2.24) is 10.2 Å². The van der Waals surface area contributed by atoms with E-state index < -0.39 is 6.04 Å². The number of rotatable bonds is 8. The number of nitrogens with one attached hydrogen (secondary N) is 1. The van der Waals surface area contributed by atoms with Gasteiger partial charge >= 0.3 is 0 Å². The van der Waals surface area contributed by atoms with E-state index in [0.717, 1.165) is 15.6 Å². The van der Waals surface area contributed by atoms with Gasteiger partial charge in [0.1, 0.15) is 6.04 Å². The minimum atomic E-state index is -0.554. The molecule has 0 aromatic heterocycles. The molecular formula is C22H27BrN2O2. The van der Waals surface area contributed by atoms with Gasteiger partial charge in [-0.2, -0.15) is 0 Å². The van der Waals surface area contributed by atoms with E-state index in [0.29, 0.717) is 19.4 Å². The van der Waals surface area contributed by atoms with Crippen LogP contribution in [0.4, 0.5) is 0 Å². The molecule has 0 spiro atoms. The summed E-state index contributed by atoms with van der Waals surface area (Å²) in [5.74, 6) is -0.152. The zero-order valence-corrected chi connectivity index (χ0v) is 17.7. The van der Waals surface area contributed by atoms with Gasteiger partial charge in [0.2, 0.25) is 11.8 Å². The van der Waals surface area contributed by atoms with Crippen LogP contribution in [0, 0.1) is 0 Å². The van der Waals surface area contributed by atoms with Crippen LogP contribution in [0.3, 0.4) is 0 Å². The Morgan fingerprint density at radius 1 is 1.04 bits per heavy atom. The third-order valence-electron chi connectivity index (χ3n) is 4.25. The normalized spacial score (nSPS) is 11.9. The number of hydrogen-bond acceptors (Lipinski definition) is 2. The maximum Gasteiger partial charge on any atom is 0.243 e. The first-order valence-corrected chi connectivity index (χ1v) is 10.1. The smallest absolute Gasteiger partial charge is 0.243 e. The fraction of sp³-hybridized carbons (Fsp3) is 0.364. The highest BCUT2D eigenvalue weighted by Gasteiger charge is 2.29. The Labute approximate surface area is 170 Å². The van der Waals surface area contributed by atoms with Crippen molar-refractivity contribution in [3.05, 3.63) is 70.2 Å². The zero-order valence-electron chi connectivity index (χ0n) is 16.1. The number of nitrogens with zero attached hydrogens (tertiary/aromatic N) is 1. The minimum absolute atomic E-state index is 0.0141. The van der Waals surface area contributed by atoms with Crippen molar-refractivity contribution in [2.24, 2.45) is 0 Å². The quantitative estimate of drug-likeness (QED) is 0.677. The average molecular weight is 431 g/mol. The molecule has 2 rings (SSSR count). The van der Waals surface area contributed by atoms with E-state index in [1.165, 1.54) is 0 Å². The predicted molar refractivity (Wildman–Crippen MR) is 112 cm³/mol. The Hall–Kier alpha value is -2.14. The second-order valence-electron chi connectivity index (χ2n) is 6.87. The number of hydrogen-bond donors (Lipinski definition) is 1. The number of carbonyl (C=O) groups excluding carboxylic acids is 2. The molecule has 144 valence electrons. The molecule has 0 saturated carbocycles. The van der Waals surface area contributed by atoms with Crippen LogP contribution < -0.4 is 5.32 Å². The SMILES string of the molecule is CCC(=O)N(Cc1cccc(Br)c1)C(Cc1ccccc1)C(=O)NC(C)C. The van der Waals surface area contributed by atoms with E-state index in [1.807, 2.05) is 75.4 Å². The molecule has 1 atom stereocenters. The number of benzene rings is 2. The Morgan fingerprint density at radius 2 is 1.70 bits per heavy atom. The van der Waals surface area contributed by atoms with Gasteiger partial charge in [-0.1, -0.05) is 65.3 Å². The molecule has 2 aromatic carbocycles. The fourth-order valence-electron chi connectivity index (χ4n) is 2.97. The zero-order chi connectivity index (χ0) is 19.8. The summed E-state index contributed by atoms with van der Waals surface area (Å²) in [6.07, 6.45) is 0.841. The molecular weight excluding hydrogens is 404 g/mol. The van der Waals surface area contributed by atoms with Crippen LogP contribution in [0.2, 0.25) is 0 Å². The lowest BCUT2D eigenvalue weighted by Crippen LogP contribution is -2.51. The van der Waals surface area contributed by atoms with Gasteiger partial charge in [-0.15, -0.1) is 0 Å². The first-order chi connectivity index (χ1) is 12.9. The molecule has 0 radical (unpaired) electrons. The molecule has 2 amide bonds. The largest absolute Gasteiger partial charge is 0.352 e. The van der Waals surface area contributed by atoms with Crippen molar-refractivity contribution in [2.75, 3.05) is 0 Å². The van der Waals surface area contributed by atoms with Gasteiger partial charge in [0, 0.05) is 29.9 Å². The summed E-state index contributed by atoms with van der Waals surface area (Å²) >= 11 is 3.48. The molecule has 0 saturated heterocycles. The molecule has 4 nitrogen and oxygen atoms in total. The van der Waals surface area contributed by atoms with Crippen molar-refractivity contribution < 1.29 is 9.59 Å². The third-order valence-corrected chi connectivity index (χ3v) is 4.74. The summed E-state index contributed by atoms with van der Waals surface area (Å²) in [7, 11) is 0. The van der Waals surface area contributed by atoms with Gasteiger partial charge in [0.05, 0.1) is 0 Å². The molecule has 0 aliphatic carbocycles. The third kappa shape index (κ3) is 6.51. The Kier molecular flexibility index (Phi) is 8.04. The second-order valence-corrected chi connectivity index (χ2v) is 7.79. The van der Waals surface area contributed by atoms with Gasteiger partial charge < -0.3 is 10.2 Å². The molecule has 2 aromatic rings. The summed E-state index contributed by atoms with van der Waals surface area (Å²) < 4.78 is 0.954. The van der Waals surface area contributed by atoms with Crippen molar-refractivity contribution in [2.45, 2.75) is 52.2 Å². The maximum absolute atomic E-state index is 13.0. The van der Waals surface area contributed by atoms with Crippen molar-refractivity contribution >= 4 is 27.7 Å². The second kappa shape index (κ2) is 10.3. The number of amides is 2. The van der Waals surface area contributed by atoms with Crippen LogP contribution in [0.25, 0.3) is 0 Å². The van der Waals surface area contributed by atoms with Crippen LogP contribution in [0.15, 0.2) is 59.1 Å². The first-order valence-electron chi connectivity index (χ1n) is 9.29. The van der Waals surface area contributed by atoms with Gasteiger partial charge in [-0.3, -0.25) is 9.59 Å². The van der Waals surface area contributed by atoms with E-state index in [9.17, 15) is 9.59 Å². The average Bonchev–Trinajstić information content (AvgIpc) is 2.64. The molecule has 27 heavy (non-hydrogen) atoms. The molecule has 0 bridgehead atoms. The van der Waals surface area contributed by atoms with Crippen LogP contribution in [-0.4, -0.2) is 28.8 Å². The first kappa shape index (κ1) is 21.2. The van der Waals surface area contributed by atoms with E-state index in [-0.39, 0.29) is 17.9 Å². The summed E-state index contributed by atoms with van der Waals surface area (Å²) in [4.78, 5) is 27.4. The highest BCUT2D eigenvalue weighted by molar-refractivity contribution is 9.10. The Morgan fingerprint density at radius 3 is 2.30 bits per heavy atom. The predicted octanol–water partition coefficient (Wildman–Crippen LogP) is 4.32. The van der Waals surface area contributed by atoms with Gasteiger partial charge in [0.25, 0.3) is 0 Å². The molecule has 0 heterocycles. The van der Waals surface area contributed by atoms with Crippen LogP contribution in [0.1, 0.15) is 38.3 Å². The lowest BCUT2D eigenvalue weighted by Gasteiger charge is -2.32. The summed E-state index contributed by atoms with van der Waals surface area (Å²) in [6, 6.07) is 17.1. The highest BCUT2D eigenvalue weighted by Crippen LogP contribution is 2.18. The Balaban J connectivity index is 2.35. The van der Waals surface area contributed by atoms with Crippen LogP contribution in [-0.2, 0) is 22.6 Å².